The first-order chi connectivity index (χ1) is 7.41. The van der Waals surface area contributed by atoms with Crippen molar-refractivity contribution in [1.82, 2.24) is 0 Å². The van der Waals surface area contributed by atoms with E-state index >= 15 is 0 Å². The van der Waals surface area contributed by atoms with Gasteiger partial charge in [-0.3, -0.25) is 0 Å². The Labute approximate surface area is 102 Å². The highest BCUT2D eigenvalue weighted by molar-refractivity contribution is 5.07. The summed E-state index contributed by atoms with van der Waals surface area (Å²) < 4.78 is 0. The topological polar surface area (TPSA) is 0 Å². The Morgan fingerprint density at radius 2 is 1.81 bits per heavy atom. The number of hydrogen-bond donors (Lipinski definition) is 0. The largest absolute Gasteiger partial charge is 0.0651 e. The van der Waals surface area contributed by atoms with Crippen LogP contribution >= 0.6 is 0 Å². The average Bonchev–Trinajstić information content (AvgIpc) is 2.62. The van der Waals surface area contributed by atoms with Crippen LogP contribution in [-0.4, -0.2) is 0 Å². The van der Waals surface area contributed by atoms with E-state index in [1.165, 1.54) is 19.3 Å². The zero-order chi connectivity index (χ0) is 12.1. The molecule has 6 atom stereocenters. The third kappa shape index (κ3) is 1.73. The molecule has 0 heteroatoms. The molecule has 0 aromatic heterocycles. The Balaban J connectivity index is 2.02. The minimum atomic E-state index is 0.639. The molecule has 0 nitrogen and oxygen atoms in total. The van der Waals surface area contributed by atoms with Gasteiger partial charge >= 0.3 is 0 Å². The molecule has 0 aromatic rings. The monoisotopic (exact) mass is 222 g/mol. The van der Waals surface area contributed by atoms with Gasteiger partial charge in [-0.15, -0.1) is 0 Å². The molecule has 2 fully saturated rings. The molecule has 6 unspecified atom stereocenters. The lowest BCUT2D eigenvalue weighted by Crippen LogP contribution is -2.20. The Bertz CT molecular complexity index is 249. The van der Waals surface area contributed by atoms with E-state index in [0.717, 1.165) is 35.5 Å². The van der Waals surface area contributed by atoms with Crippen molar-refractivity contribution in [1.29, 1.82) is 0 Å². The van der Waals surface area contributed by atoms with Crippen LogP contribution in [0.15, 0.2) is 0 Å². The molecule has 0 N–H and O–H groups in total. The SMILES string of the molecule is CCC1C(C(C)C2CCC(C)C2C)C1(C)C. The zero-order valence-electron chi connectivity index (χ0n) is 12.1. The molecule has 2 aliphatic carbocycles. The summed E-state index contributed by atoms with van der Waals surface area (Å²) in [5.74, 6) is 5.91. The zero-order valence-corrected chi connectivity index (χ0v) is 12.1. The van der Waals surface area contributed by atoms with Gasteiger partial charge in [-0.1, -0.05) is 54.4 Å². The van der Waals surface area contributed by atoms with Gasteiger partial charge in [-0.25, -0.2) is 0 Å². The quantitative estimate of drug-likeness (QED) is 0.631. The summed E-state index contributed by atoms with van der Waals surface area (Å²) in [6.45, 7) is 14.8. The van der Waals surface area contributed by atoms with Crippen LogP contribution in [0.1, 0.15) is 60.8 Å². The molecule has 0 bridgehead atoms. The average molecular weight is 222 g/mol. The predicted octanol–water partition coefficient (Wildman–Crippen LogP) is 4.99. The lowest BCUT2D eigenvalue weighted by Gasteiger charge is -2.26. The highest BCUT2D eigenvalue weighted by Gasteiger charge is 2.59. The highest BCUT2D eigenvalue weighted by Crippen LogP contribution is 2.65. The minimum absolute atomic E-state index is 0.639. The molecule has 0 aromatic carbocycles. The Hall–Kier alpha value is 0. The first-order valence-corrected chi connectivity index (χ1v) is 7.41. The second kappa shape index (κ2) is 4.03. The van der Waals surface area contributed by atoms with E-state index in [4.69, 9.17) is 0 Å². The van der Waals surface area contributed by atoms with E-state index < -0.39 is 0 Å². The van der Waals surface area contributed by atoms with Crippen LogP contribution in [0.25, 0.3) is 0 Å². The van der Waals surface area contributed by atoms with E-state index in [0.29, 0.717) is 5.41 Å². The minimum Gasteiger partial charge on any atom is -0.0651 e. The van der Waals surface area contributed by atoms with Crippen molar-refractivity contribution in [3.8, 4) is 0 Å². The Morgan fingerprint density at radius 3 is 2.19 bits per heavy atom. The first kappa shape index (κ1) is 12.5. The molecular formula is C16H30. The van der Waals surface area contributed by atoms with Crippen molar-refractivity contribution >= 4 is 0 Å². The molecule has 0 saturated heterocycles. The lowest BCUT2D eigenvalue weighted by molar-refractivity contribution is 0.222. The molecular weight excluding hydrogens is 192 g/mol. The van der Waals surface area contributed by atoms with Crippen LogP contribution < -0.4 is 0 Å². The molecule has 94 valence electrons. The maximum absolute atomic E-state index is 2.54. The molecule has 0 spiro atoms. The summed E-state index contributed by atoms with van der Waals surface area (Å²) in [7, 11) is 0. The smallest absolute Gasteiger partial charge is 0.0289 e. The molecule has 2 rings (SSSR count). The van der Waals surface area contributed by atoms with E-state index in [-0.39, 0.29) is 0 Å². The molecule has 16 heavy (non-hydrogen) atoms. The van der Waals surface area contributed by atoms with Crippen LogP contribution in [-0.2, 0) is 0 Å². The van der Waals surface area contributed by atoms with E-state index in [1.807, 2.05) is 0 Å². The fraction of sp³-hybridized carbons (Fsp3) is 1.00. The van der Waals surface area contributed by atoms with Crippen molar-refractivity contribution in [2.24, 2.45) is 40.9 Å². The van der Waals surface area contributed by atoms with Gasteiger partial charge in [0.05, 0.1) is 0 Å². The maximum atomic E-state index is 2.54. The lowest BCUT2D eigenvalue weighted by atomic mass is 9.79. The summed E-state index contributed by atoms with van der Waals surface area (Å²) >= 11 is 0. The van der Waals surface area contributed by atoms with Crippen molar-refractivity contribution in [2.45, 2.75) is 60.8 Å². The van der Waals surface area contributed by atoms with Crippen LogP contribution in [0.5, 0.6) is 0 Å². The van der Waals surface area contributed by atoms with Crippen LogP contribution in [0.4, 0.5) is 0 Å². The summed E-state index contributed by atoms with van der Waals surface area (Å²) in [6, 6.07) is 0. The summed E-state index contributed by atoms with van der Waals surface area (Å²) in [4.78, 5) is 0. The van der Waals surface area contributed by atoms with Gasteiger partial charge in [0, 0.05) is 0 Å². The standard InChI is InChI=1S/C16H30/c1-7-14-15(16(14,5)6)12(4)13-9-8-10(2)11(13)3/h10-15H,7-9H2,1-6H3. The van der Waals surface area contributed by atoms with E-state index in [2.05, 4.69) is 41.5 Å². The van der Waals surface area contributed by atoms with Gasteiger partial charge < -0.3 is 0 Å². The molecule has 0 aliphatic heterocycles. The highest BCUT2D eigenvalue weighted by atomic mass is 14.6. The van der Waals surface area contributed by atoms with Crippen LogP contribution in [0.2, 0.25) is 0 Å². The van der Waals surface area contributed by atoms with Gasteiger partial charge in [0.1, 0.15) is 0 Å². The first-order valence-electron chi connectivity index (χ1n) is 7.41. The van der Waals surface area contributed by atoms with E-state index in [9.17, 15) is 0 Å². The van der Waals surface area contributed by atoms with Gasteiger partial charge in [-0.05, 0) is 47.3 Å². The van der Waals surface area contributed by atoms with Crippen molar-refractivity contribution in [2.75, 3.05) is 0 Å². The van der Waals surface area contributed by atoms with Gasteiger partial charge in [0.2, 0.25) is 0 Å². The summed E-state index contributed by atoms with van der Waals surface area (Å²) in [5.41, 5.74) is 0.639. The molecule has 0 heterocycles. The maximum Gasteiger partial charge on any atom is -0.0289 e. The summed E-state index contributed by atoms with van der Waals surface area (Å²) in [6.07, 6.45) is 4.35. The van der Waals surface area contributed by atoms with Gasteiger partial charge in [0.15, 0.2) is 0 Å². The fourth-order valence-corrected chi connectivity index (χ4v) is 5.02. The predicted molar refractivity (Wildman–Crippen MR) is 71.3 cm³/mol. The molecule has 2 aliphatic rings. The summed E-state index contributed by atoms with van der Waals surface area (Å²) in [5, 5.41) is 0. The second-order valence-corrected chi connectivity index (χ2v) is 7.30. The number of rotatable bonds is 3. The fourth-order valence-electron chi connectivity index (χ4n) is 5.02. The molecule has 0 radical (unpaired) electrons. The van der Waals surface area contributed by atoms with Crippen molar-refractivity contribution in [3.05, 3.63) is 0 Å². The Morgan fingerprint density at radius 1 is 1.19 bits per heavy atom. The van der Waals surface area contributed by atoms with Crippen molar-refractivity contribution in [3.63, 3.8) is 0 Å². The Kier molecular flexibility index (Phi) is 3.14. The van der Waals surface area contributed by atoms with Gasteiger partial charge in [0.25, 0.3) is 0 Å². The molecule has 2 saturated carbocycles. The van der Waals surface area contributed by atoms with Crippen LogP contribution in [0.3, 0.4) is 0 Å². The van der Waals surface area contributed by atoms with Gasteiger partial charge in [-0.2, -0.15) is 0 Å². The van der Waals surface area contributed by atoms with Crippen molar-refractivity contribution < 1.29 is 0 Å². The third-order valence-corrected chi connectivity index (χ3v) is 6.35. The van der Waals surface area contributed by atoms with E-state index in [1.54, 1.807) is 0 Å². The molecule has 0 amide bonds. The van der Waals surface area contributed by atoms with Crippen LogP contribution in [0, 0.1) is 40.9 Å². The second-order valence-electron chi connectivity index (χ2n) is 7.30. The third-order valence-electron chi connectivity index (χ3n) is 6.35. The number of hydrogen-bond acceptors (Lipinski definition) is 0. The normalized spacial score (nSPS) is 48.0.